The van der Waals surface area contributed by atoms with E-state index in [4.69, 9.17) is 9.47 Å². The largest absolute Gasteiger partial charge is 0.488 e. The zero-order valence-electron chi connectivity index (χ0n) is 18.6. The molecule has 0 radical (unpaired) electrons. The monoisotopic (exact) mass is 421 g/mol. The van der Waals surface area contributed by atoms with Crippen molar-refractivity contribution in [3.8, 4) is 11.5 Å². The lowest BCUT2D eigenvalue weighted by Gasteiger charge is -2.34. The topological polar surface area (TPSA) is 55.8 Å². The number of ketones is 1. The minimum Gasteiger partial charge on any atom is -0.488 e. The maximum Gasteiger partial charge on any atom is 0.315 e. The van der Waals surface area contributed by atoms with Crippen molar-refractivity contribution in [2.75, 3.05) is 18.0 Å². The number of benzene rings is 2. The number of piperidine rings is 1. The van der Waals surface area contributed by atoms with Gasteiger partial charge in [-0.3, -0.25) is 9.59 Å². The van der Waals surface area contributed by atoms with Crippen LogP contribution >= 0.6 is 0 Å². The van der Waals surface area contributed by atoms with Crippen LogP contribution in [0.2, 0.25) is 0 Å². The number of anilines is 1. The zero-order chi connectivity index (χ0) is 22.0. The number of esters is 1. The molecule has 0 N–H and O–H groups in total. The van der Waals surface area contributed by atoms with E-state index in [1.165, 1.54) is 5.69 Å². The molecule has 0 aliphatic carbocycles. The van der Waals surface area contributed by atoms with E-state index in [1.807, 2.05) is 18.2 Å². The van der Waals surface area contributed by atoms with Gasteiger partial charge in [0.2, 0.25) is 0 Å². The summed E-state index contributed by atoms with van der Waals surface area (Å²) >= 11 is 0. The molecule has 0 atom stereocenters. The summed E-state index contributed by atoms with van der Waals surface area (Å²) in [6.45, 7) is 8.16. The first-order valence-corrected chi connectivity index (χ1v) is 11.2. The van der Waals surface area contributed by atoms with Gasteiger partial charge >= 0.3 is 5.97 Å². The van der Waals surface area contributed by atoms with E-state index in [9.17, 15) is 9.59 Å². The molecule has 5 heteroatoms. The third kappa shape index (κ3) is 5.46. The molecule has 2 aliphatic rings. The Bertz CT molecular complexity index is 968. The molecule has 1 saturated heterocycles. The summed E-state index contributed by atoms with van der Waals surface area (Å²) in [5, 5.41) is 0. The fourth-order valence-corrected chi connectivity index (χ4v) is 4.34. The number of ether oxygens (including phenoxy) is 2. The third-order valence-corrected chi connectivity index (χ3v) is 5.95. The van der Waals surface area contributed by atoms with Crippen LogP contribution in [0.25, 0.3) is 0 Å². The van der Waals surface area contributed by atoms with Gasteiger partial charge in [-0.1, -0.05) is 18.2 Å². The maximum atomic E-state index is 12.6. The van der Waals surface area contributed by atoms with Gasteiger partial charge in [0.05, 0.1) is 6.42 Å². The standard InChI is InChI=1S/C26H31NO4/c1-26(2,3)31-22-6-4-5-21(17-22)27-13-11-18(12-14-27)7-10-23(28)19-8-9-20-16-25(29)30-24(20)15-19/h4-6,8-9,15,17-18H,7,10-14,16H2,1-3H3. The number of hydrogen-bond donors (Lipinski definition) is 0. The lowest BCUT2D eigenvalue weighted by molar-refractivity contribution is -0.131. The Hall–Kier alpha value is -2.82. The number of carbonyl (C=O) groups excluding carboxylic acids is 2. The van der Waals surface area contributed by atoms with Gasteiger partial charge in [0.25, 0.3) is 0 Å². The Morgan fingerprint density at radius 3 is 2.65 bits per heavy atom. The summed E-state index contributed by atoms with van der Waals surface area (Å²) in [7, 11) is 0. The number of nitrogens with zero attached hydrogens (tertiary/aromatic N) is 1. The molecule has 4 rings (SSSR count). The molecule has 0 saturated carbocycles. The minimum atomic E-state index is -0.248. The molecule has 2 aliphatic heterocycles. The van der Waals surface area contributed by atoms with Crippen molar-refractivity contribution in [3.63, 3.8) is 0 Å². The van der Waals surface area contributed by atoms with Gasteiger partial charge in [0.1, 0.15) is 17.1 Å². The number of carbonyl (C=O) groups is 2. The molecule has 31 heavy (non-hydrogen) atoms. The summed E-state index contributed by atoms with van der Waals surface area (Å²) in [6.07, 6.45) is 3.90. The van der Waals surface area contributed by atoms with E-state index >= 15 is 0 Å². The molecular formula is C26H31NO4. The molecule has 164 valence electrons. The molecule has 5 nitrogen and oxygen atoms in total. The van der Waals surface area contributed by atoms with Crippen LogP contribution in [0.4, 0.5) is 5.69 Å². The molecule has 0 amide bonds. The van der Waals surface area contributed by atoms with Crippen LogP contribution in [0, 0.1) is 5.92 Å². The third-order valence-electron chi connectivity index (χ3n) is 5.95. The first-order valence-electron chi connectivity index (χ1n) is 11.2. The minimum absolute atomic E-state index is 0.125. The first-order chi connectivity index (χ1) is 14.8. The van der Waals surface area contributed by atoms with Crippen molar-refractivity contribution in [1.82, 2.24) is 0 Å². The molecule has 2 heterocycles. The highest BCUT2D eigenvalue weighted by molar-refractivity contribution is 5.97. The Morgan fingerprint density at radius 1 is 1.13 bits per heavy atom. The molecule has 2 aromatic carbocycles. The van der Waals surface area contributed by atoms with Crippen molar-refractivity contribution < 1.29 is 19.1 Å². The highest BCUT2D eigenvalue weighted by Gasteiger charge is 2.24. The molecule has 0 aromatic heterocycles. The highest BCUT2D eigenvalue weighted by Crippen LogP contribution is 2.31. The van der Waals surface area contributed by atoms with E-state index in [0.29, 0.717) is 30.1 Å². The van der Waals surface area contributed by atoms with E-state index in [1.54, 1.807) is 6.07 Å². The SMILES string of the molecule is CC(C)(C)Oc1cccc(N2CCC(CCC(=O)c3ccc4c(c3)OC(=O)C4)CC2)c1. The zero-order valence-corrected chi connectivity index (χ0v) is 18.6. The van der Waals surface area contributed by atoms with Crippen LogP contribution in [0.1, 0.15) is 62.4 Å². The Balaban J connectivity index is 1.27. The van der Waals surface area contributed by atoms with Gasteiger partial charge in [-0.25, -0.2) is 0 Å². The fraction of sp³-hybridized carbons (Fsp3) is 0.462. The first kappa shape index (κ1) is 21.4. The predicted molar refractivity (Wildman–Crippen MR) is 121 cm³/mol. The van der Waals surface area contributed by atoms with Gasteiger partial charge in [-0.05, 0) is 64.2 Å². The predicted octanol–water partition coefficient (Wildman–Crippen LogP) is 5.20. The lowest BCUT2D eigenvalue weighted by atomic mass is 9.90. The fourth-order valence-electron chi connectivity index (χ4n) is 4.34. The molecule has 2 aromatic rings. The van der Waals surface area contributed by atoms with Crippen LogP contribution in [0.15, 0.2) is 42.5 Å². The van der Waals surface area contributed by atoms with Crippen molar-refractivity contribution in [3.05, 3.63) is 53.6 Å². The van der Waals surface area contributed by atoms with Crippen molar-refractivity contribution >= 4 is 17.4 Å². The van der Waals surface area contributed by atoms with Crippen molar-refractivity contribution in [2.24, 2.45) is 5.92 Å². The number of Topliss-reactive ketones (excluding diaryl/α,β-unsaturated/α-hetero) is 1. The molecule has 0 unspecified atom stereocenters. The summed E-state index contributed by atoms with van der Waals surface area (Å²) in [4.78, 5) is 26.5. The maximum absolute atomic E-state index is 12.6. The lowest BCUT2D eigenvalue weighted by Crippen LogP contribution is -2.33. The Labute approximate surface area is 184 Å². The smallest absolute Gasteiger partial charge is 0.315 e. The number of rotatable bonds is 6. The average Bonchev–Trinajstić information content (AvgIpc) is 3.10. The van der Waals surface area contributed by atoms with E-state index in [2.05, 4.69) is 43.9 Å². The van der Waals surface area contributed by atoms with Crippen LogP contribution < -0.4 is 14.4 Å². The second kappa shape index (κ2) is 8.74. The summed E-state index contributed by atoms with van der Waals surface area (Å²) < 4.78 is 11.2. The Morgan fingerprint density at radius 2 is 1.90 bits per heavy atom. The van der Waals surface area contributed by atoms with E-state index in [-0.39, 0.29) is 17.4 Å². The van der Waals surface area contributed by atoms with Gasteiger partial charge in [-0.2, -0.15) is 0 Å². The van der Waals surface area contributed by atoms with Crippen LogP contribution in [-0.2, 0) is 11.2 Å². The van der Waals surface area contributed by atoms with E-state index < -0.39 is 0 Å². The molecular weight excluding hydrogens is 390 g/mol. The van der Waals surface area contributed by atoms with Gasteiger partial charge in [0.15, 0.2) is 5.78 Å². The quantitative estimate of drug-likeness (QED) is 0.364. The highest BCUT2D eigenvalue weighted by atomic mass is 16.5. The summed E-state index contributed by atoms with van der Waals surface area (Å²) in [6, 6.07) is 13.7. The summed E-state index contributed by atoms with van der Waals surface area (Å²) in [5.41, 5.74) is 2.50. The van der Waals surface area contributed by atoms with Crippen molar-refractivity contribution in [2.45, 2.75) is 58.5 Å². The van der Waals surface area contributed by atoms with Crippen molar-refractivity contribution in [1.29, 1.82) is 0 Å². The second-order valence-corrected chi connectivity index (χ2v) is 9.58. The molecule has 0 bridgehead atoms. The molecule has 1 fully saturated rings. The van der Waals surface area contributed by atoms with Gasteiger partial charge in [-0.15, -0.1) is 0 Å². The average molecular weight is 422 g/mol. The number of hydrogen-bond acceptors (Lipinski definition) is 5. The van der Waals surface area contributed by atoms with Crippen LogP contribution in [0.3, 0.4) is 0 Å². The van der Waals surface area contributed by atoms with Gasteiger partial charge in [0, 0.05) is 42.4 Å². The van der Waals surface area contributed by atoms with E-state index in [0.717, 1.165) is 43.7 Å². The Kier molecular flexibility index (Phi) is 6.03. The molecule has 0 spiro atoms. The summed E-state index contributed by atoms with van der Waals surface area (Å²) in [5.74, 6) is 1.88. The van der Waals surface area contributed by atoms with Crippen LogP contribution in [-0.4, -0.2) is 30.4 Å². The second-order valence-electron chi connectivity index (χ2n) is 9.58. The van der Waals surface area contributed by atoms with Gasteiger partial charge < -0.3 is 14.4 Å². The normalized spacial score (nSPS) is 16.7. The van der Waals surface area contributed by atoms with Crippen LogP contribution in [0.5, 0.6) is 11.5 Å². The number of fused-ring (bicyclic) bond motifs is 1.